The third kappa shape index (κ3) is 2.22. The molecule has 1 heterocycles. The number of hydrogen-bond acceptors (Lipinski definition) is 4. The molecule has 0 bridgehead atoms. The number of anilines is 2. The third-order valence-electron chi connectivity index (χ3n) is 1.83. The molecule has 2 aromatic rings. The second-order valence-corrected chi connectivity index (χ2v) is 2.97. The minimum absolute atomic E-state index is 0.267. The quantitative estimate of drug-likeness (QED) is 0.740. The first-order valence-corrected chi connectivity index (χ1v) is 4.44. The highest BCUT2D eigenvalue weighted by Crippen LogP contribution is 2.17. The highest BCUT2D eigenvalue weighted by atomic mass is 16.1. The number of nitrogens with zero attached hydrogens (tertiary/aromatic N) is 3. The zero-order valence-electron chi connectivity index (χ0n) is 8.14. The number of nitrogens with one attached hydrogen (secondary N) is 2. The molecule has 0 fully saturated rings. The number of aromatic amines is 1. The Kier molecular flexibility index (Phi) is 2.61. The number of aromatic nitrogens is 3. The van der Waals surface area contributed by atoms with E-state index in [1.165, 1.54) is 0 Å². The van der Waals surface area contributed by atoms with E-state index in [1.54, 1.807) is 24.3 Å². The molecule has 16 heavy (non-hydrogen) atoms. The van der Waals surface area contributed by atoms with Gasteiger partial charge in [0.15, 0.2) is 5.69 Å². The summed E-state index contributed by atoms with van der Waals surface area (Å²) in [5, 5.41) is 10.1. The molecule has 6 heteroatoms. The van der Waals surface area contributed by atoms with Crippen LogP contribution in [0.3, 0.4) is 0 Å². The zero-order valence-corrected chi connectivity index (χ0v) is 8.14. The first-order chi connectivity index (χ1) is 7.78. The van der Waals surface area contributed by atoms with Crippen molar-refractivity contribution in [2.75, 3.05) is 5.32 Å². The Morgan fingerprint density at radius 1 is 1.31 bits per heavy atom. The first kappa shape index (κ1) is 9.86. The summed E-state index contributed by atoms with van der Waals surface area (Å²) in [6, 6.07) is 6.79. The van der Waals surface area contributed by atoms with Crippen LogP contribution in [0.25, 0.3) is 4.85 Å². The minimum atomic E-state index is -0.324. The largest absolute Gasteiger partial charge is 0.325 e. The summed E-state index contributed by atoms with van der Waals surface area (Å²) in [4.78, 5) is 16.7. The first-order valence-electron chi connectivity index (χ1n) is 4.44. The predicted octanol–water partition coefficient (Wildman–Crippen LogP) is 1.46. The highest BCUT2D eigenvalue weighted by molar-refractivity contribution is 5.58. The van der Waals surface area contributed by atoms with Crippen LogP contribution < -0.4 is 10.9 Å². The number of H-pyrrole nitrogens is 1. The van der Waals surface area contributed by atoms with Crippen molar-refractivity contribution in [1.29, 1.82) is 0 Å². The maximum absolute atomic E-state index is 10.9. The summed E-state index contributed by atoms with van der Waals surface area (Å²) in [5.41, 5.74) is 0.956. The van der Waals surface area contributed by atoms with Gasteiger partial charge in [-0.3, -0.25) is 9.78 Å². The molecule has 0 aliphatic rings. The van der Waals surface area contributed by atoms with Gasteiger partial charge in [-0.25, -0.2) is 4.85 Å². The summed E-state index contributed by atoms with van der Waals surface area (Å²) in [5.74, 6) is 0.267. The Labute approximate surface area is 90.8 Å². The van der Waals surface area contributed by atoms with Gasteiger partial charge in [-0.05, 0) is 12.1 Å². The summed E-state index contributed by atoms with van der Waals surface area (Å²) in [7, 11) is 0. The Balaban J connectivity index is 2.21. The molecule has 0 radical (unpaired) electrons. The molecular weight excluding hydrogens is 206 g/mol. The SMILES string of the molecule is [C-]#[N+]c1ccc(Nc2nncc(=O)[nH]2)cc1. The van der Waals surface area contributed by atoms with Crippen LogP contribution in [-0.2, 0) is 0 Å². The van der Waals surface area contributed by atoms with E-state index >= 15 is 0 Å². The van der Waals surface area contributed by atoms with Gasteiger partial charge in [0.2, 0.25) is 5.95 Å². The van der Waals surface area contributed by atoms with Crippen molar-refractivity contribution in [3.63, 3.8) is 0 Å². The van der Waals surface area contributed by atoms with Crippen LogP contribution in [0.4, 0.5) is 17.3 Å². The van der Waals surface area contributed by atoms with E-state index in [9.17, 15) is 4.79 Å². The van der Waals surface area contributed by atoms with Gasteiger partial charge < -0.3 is 5.32 Å². The van der Waals surface area contributed by atoms with Crippen molar-refractivity contribution in [3.8, 4) is 0 Å². The fraction of sp³-hybridized carbons (Fsp3) is 0. The standard InChI is InChI=1S/C10H7N5O/c1-11-7-2-4-8(5-3-7)13-10-14-9(16)6-12-15-10/h2-6H,(H2,13,14,15,16). The van der Waals surface area contributed by atoms with Crippen molar-refractivity contribution >= 4 is 17.3 Å². The second kappa shape index (κ2) is 4.23. The van der Waals surface area contributed by atoms with E-state index in [-0.39, 0.29) is 11.5 Å². The molecule has 0 saturated heterocycles. The molecule has 1 aromatic carbocycles. The van der Waals surface area contributed by atoms with Crippen LogP contribution >= 0.6 is 0 Å². The van der Waals surface area contributed by atoms with E-state index < -0.39 is 0 Å². The van der Waals surface area contributed by atoms with Crippen molar-refractivity contribution in [2.24, 2.45) is 0 Å². The fourth-order valence-corrected chi connectivity index (χ4v) is 1.13. The van der Waals surface area contributed by atoms with E-state index in [4.69, 9.17) is 6.57 Å². The van der Waals surface area contributed by atoms with E-state index in [1.807, 2.05) is 0 Å². The van der Waals surface area contributed by atoms with Gasteiger partial charge in [-0.15, -0.1) is 10.2 Å². The topological polar surface area (TPSA) is 75.0 Å². The van der Waals surface area contributed by atoms with Gasteiger partial charge in [0.1, 0.15) is 6.20 Å². The van der Waals surface area contributed by atoms with Crippen LogP contribution in [0.5, 0.6) is 0 Å². The average molecular weight is 213 g/mol. The zero-order chi connectivity index (χ0) is 11.4. The lowest BCUT2D eigenvalue weighted by atomic mass is 10.3. The van der Waals surface area contributed by atoms with Crippen molar-refractivity contribution in [2.45, 2.75) is 0 Å². The van der Waals surface area contributed by atoms with Gasteiger partial charge in [-0.1, -0.05) is 12.1 Å². The van der Waals surface area contributed by atoms with E-state index in [0.29, 0.717) is 5.69 Å². The molecule has 0 aliphatic carbocycles. The smallest absolute Gasteiger partial charge is 0.271 e. The van der Waals surface area contributed by atoms with Gasteiger partial charge in [0, 0.05) is 5.69 Å². The third-order valence-corrected chi connectivity index (χ3v) is 1.83. The molecule has 0 atom stereocenters. The molecule has 0 aliphatic heterocycles. The molecule has 2 N–H and O–H groups in total. The normalized spacial score (nSPS) is 9.44. The Morgan fingerprint density at radius 3 is 2.69 bits per heavy atom. The van der Waals surface area contributed by atoms with Gasteiger partial charge in [0.25, 0.3) is 5.56 Å². The summed E-state index contributed by atoms with van der Waals surface area (Å²) < 4.78 is 0. The molecule has 0 amide bonds. The summed E-state index contributed by atoms with van der Waals surface area (Å²) >= 11 is 0. The predicted molar refractivity (Wildman–Crippen MR) is 58.6 cm³/mol. The lowest BCUT2D eigenvalue weighted by Gasteiger charge is -2.03. The van der Waals surface area contributed by atoms with E-state index in [2.05, 4.69) is 25.3 Å². The molecule has 6 nitrogen and oxygen atoms in total. The van der Waals surface area contributed by atoms with Gasteiger partial charge >= 0.3 is 0 Å². The minimum Gasteiger partial charge on any atom is -0.325 e. The number of benzene rings is 1. The number of rotatable bonds is 2. The molecule has 78 valence electrons. The van der Waals surface area contributed by atoms with Crippen LogP contribution in [0.15, 0.2) is 35.3 Å². The average Bonchev–Trinajstić information content (AvgIpc) is 2.30. The Morgan fingerprint density at radius 2 is 2.06 bits per heavy atom. The molecular formula is C10H7N5O. The Hall–Kier alpha value is -2.68. The van der Waals surface area contributed by atoms with Gasteiger partial charge in [-0.2, -0.15) is 0 Å². The van der Waals surface area contributed by atoms with Crippen LogP contribution in [0.1, 0.15) is 0 Å². The Bertz CT molecular complexity index is 581. The number of hydrogen-bond donors (Lipinski definition) is 2. The molecule has 1 aromatic heterocycles. The maximum atomic E-state index is 10.9. The van der Waals surface area contributed by atoms with Crippen LogP contribution in [0.2, 0.25) is 0 Å². The van der Waals surface area contributed by atoms with Crippen molar-refractivity contribution < 1.29 is 0 Å². The lowest BCUT2D eigenvalue weighted by molar-refractivity contribution is 0.954. The van der Waals surface area contributed by atoms with Crippen LogP contribution in [-0.4, -0.2) is 15.2 Å². The molecule has 0 spiro atoms. The fourth-order valence-electron chi connectivity index (χ4n) is 1.13. The summed E-state index contributed by atoms with van der Waals surface area (Å²) in [6.07, 6.45) is 1.09. The molecule has 0 saturated carbocycles. The monoisotopic (exact) mass is 213 g/mol. The highest BCUT2D eigenvalue weighted by Gasteiger charge is 1.97. The van der Waals surface area contributed by atoms with Crippen LogP contribution in [0, 0.1) is 6.57 Å². The second-order valence-electron chi connectivity index (χ2n) is 2.97. The molecule has 2 rings (SSSR count). The maximum Gasteiger partial charge on any atom is 0.271 e. The van der Waals surface area contributed by atoms with E-state index in [0.717, 1.165) is 11.9 Å². The summed E-state index contributed by atoms with van der Waals surface area (Å²) in [6.45, 7) is 6.80. The van der Waals surface area contributed by atoms with Crippen molar-refractivity contribution in [3.05, 3.63) is 52.2 Å². The van der Waals surface area contributed by atoms with Gasteiger partial charge in [0.05, 0.1) is 6.57 Å². The van der Waals surface area contributed by atoms with Crippen molar-refractivity contribution in [1.82, 2.24) is 15.2 Å². The lowest BCUT2D eigenvalue weighted by Crippen LogP contribution is -2.10. The molecule has 0 unspecified atom stereocenters.